The van der Waals surface area contributed by atoms with E-state index >= 15 is 0 Å². The number of nitrogens with one attached hydrogen (secondary N) is 1. The molecular weight excluding hydrogens is 451 g/mol. The van der Waals surface area contributed by atoms with Gasteiger partial charge in [-0.3, -0.25) is 14.2 Å². The summed E-state index contributed by atoms with van der Waals surface area (Å²) < 4.78 is 42.1. The smallest absolute Gasteiger partial charge is 0.324 e. The van der Waals surface area contributed by atoms with Crippen LogP contribution in [0.3, 0.4) is 0 Å². The van der Waals surface area contributed by atoms with Gasteiger partial charge in [-0.2, -0.15) is 23.4 Å². The number of carbonyl (C=O) groups is 1. The average molecular weight is 470 g/mol. The van der Waals surface area contributed by atoms with Crippen molar-refractivity contribution in [2.75, 3.05) is 5.32 Å². The number of hydrogen-bond acceptors (Lipinski definition) is 3. The number of halogens is 4. The van der Waals surface area contributed by atoms with Gasteiger partial charge in [0.05, 0.1) is 22.4 Å². The molecule has 0 spiro atoms. The van der Waals surface area contributed by atoms with E-state index in [0.29, 0.717) is 12.2 Å². The molecule has 0 aliphatic heterocycles. The number of amides is 1. The van der Waals surface area contributed by atoms with E-state index in [1.165, 1.54) is 6.92 Å². The second-order valence-corrected chi connectivity index (χ2v) is 7.51. The molecule has 29 heavy (non-hydrogen) atoms. The number of aryl methyl sites for hydroxylation is 2. The Morgan fingerprint density at radius 2 is 1.86 bits per heavy atom. The second-order valence-electron chi connectivity index (χ2n) is 6.72. The Balaban J connectivity index is 1.69. The molecule has 0 saturated carbocycles. The summed E-state index contributed by atoms with van der Waals surface area (Å²) in [7, 11) is 0. The van der Waals surface area contributed by atoms with Gasteiger partial charge in [-0.05, 0) is 60.5 Å². The highest BCUT2D eigenvalue weighted by Gasteiger charge is 2.34. The van der Waals surface area contributed by atoms with Crippen LogP contribution in [0.2, 0.25) is 0 Å². The minimum atomic E-state index is -4.54. The van der Waals surface area contributed by atoms with Gasteiger partial charge >= 0.3 is 6.18 Å². The number of hydrogen-bond donors (Lipinski definition) is 1. The first kappa shape index (κ1) is 21.1. The Labute approximate surface area is 173 Å². The fourth-order valence-electron chi connectivity index (χ4n) is 2.89. The molecule has 10 heteroatoms. The van der Waals surface area contributed by atoms with Gasteiger partial charge in [-0.25, -0.2) is 0 Å². The summed E-state index contributed by atoms with van der Waals surface area (Å²) >= 11 is 3.49. The number of alkyl halides is 3. The minimum Gasteiger partial charge on any atom is -0.324 e. The Hall–Kier alpha value is -2.62. The zero-order chi connectivity index (χ0) is 21.3. The van der Waals surface area contributed by atoms with E-state index in [1.54, 1.807) is 18.2 Å². The molecule has 1 N–H and O–H groups in total. The summed E-state index contributed by atoms with van der Waals surface area (Å²) in [5.74, 6) is -0.462. The van der Waals surface area contributed by atoms with Gasteiger partial charge in [0.1, 0.15) is 6.54 Å². The number of carbonyl (C=O) groups excluding carboxylic acids is 1. The van der Waals surface area contributed by atoms with Gasteiger partial charge < -0.3 is 5.32 Å². The molecule has 2 aromatic heterocycles. The fraction of sp³-hybridized carbons (Fsp3) is 0.316. The highest BCUT2D eigenvalue weighted by molar-refractivity contribution is 9.10. The summed E-state index contributed by atoms with van der Waals surface area (Å²) in [6.07, 6.45) is -4.54. The lowest BCUT2D eigenvalue weighted by molar-refractivity contribution is -0.141. The Bertz CT molecular complexity index is 1050. The summed E-state index contributed by atoms with van der Waals surface area (Å²) in [5, 5.41) is 10.6. The molecule has 1 aromatic carbocycles. The monoisotopic (exact) mass is 469 g/mol. The molecule has 2 heterocycles. The highest BCUT2D eigenvalue weighted by Crippen LogP contribution is 2.28. The Kier molecular flexibility index (Phi) is 5.83. The van der Waals surface area contributed by atoms with Gasteiger partial charge in [0.2, 0.25) is 5.91 Å². The van der Waals surface area contributed by atoms with Crippen LogP contribution in [0.1, 0.15) is 28.3 Å². The van der Waals surface area contributed by atoms with Crippen molar-refractivity contribution < 1.29 is 18.0 Å². The maximum Gasteiger partial charge on any atom is 0.435 e. The van der Waals surface area contributed by atoms with E-state index in [4.69, 9.17) is 0 Å². The molecule has 1 amide bonds. The van der Waals surface area contributed by atoms with Crippen LogP contribution in [0, 0.1) is 20.8 Å². The SMILES string of the molecule is Cc1nn(Cc2cccc(NC(=O)Cn3nc(C(F)(F)F)cc3C)c2)c(C)c1Br. The van der Waals surface area contributed by atoms with Crippen molar-refractivity contribution in [2.45, 2.75) is 40.0 Å². The van der Waals surface area contributed by atoms with E-state index in [-0.39, 0.29) is 12.2 Å². The summed E-state index contributed by atoms with van der Waals surface area (Å²) in [6, 6.07) is 8.15. The lowest BCUT2D eigenvalue weighted by Gasteiger charge is -2.10. The van der Waals surface area contributed by atoms with Crippen LogP contribution >= 0.6 is 15.9 Å². The molecule has 3 rings (SSSR count). The maximum absolute atomic E-state index is 12.8. The van der Waals surface area contributed by atoms with Crippen LogP contribution in [-0.4, -0.2) is 25.5 Å². The van der Waals surface area contributed by atoms with Crippen molar-refractivity contribution in [1.29, 1.82) is 0 Å². The van der Waals surface area contributed by atoms with Crippen LogP contribution in [0.5, 0.6) is 0 Å². The molecule has 0 aliphatic rings. The van der Waals surface area contributed by atoms with Crippen molar-refractivity contribution in [2.24, 2.45) is 0 Å². The summed E-state index contributed by atoms with van der Waals surface area (Å²) in [6.45, 7) is 5.55. The Morgan fingerprint density at radius 3 is 2.45 bits per heavy atom. The quantitative estimate of drug-likeness (QED) is 0.599. The Morgan fingerprint density at radius 1 is 1.14 bits per heavy atom. The van der Waals surface area contributed by atoms with Gasteiger partial charge in [0.25, 0.3) is 0 Å². The van der Waals surface area contributed by atoms with Crippen molar-refractivity contribution in [3.8, 4) is 0 Å². The molecule has 0 unspecified atom stereocenters. The predicted octanol–water partition coefficient (Wildman–Crippen LogP) is 4.47. The third kappa shape index (κ3) is 4.87. The largest absolute Gasteiger partial charge is 0.435 e. The van der Waals surface area contributed by atoms with Crippen LogP contribution < -0.4 is 5.32 Å². The zero-order valence-electron chi connectivity index (χ0n) is 16.0. The average Bonchev–Trinajstić information content (AvgIpc) is 3.10. The van der Waals surface area contributed by atoms with Crippen molar-refractivity contribution in [3.63, 3.8) is 0 Å². The fourth-order valence-corrected chi connectivity index (χ4v) is 3.18. The molecular formula is C19H19BrF3N5O. The molecule has 0 bridgehead atoms. The summed E-state index contributed by atoms with van der Waals surface area (Å²) in [5.41, 5.74) is 2.60. The van der Waals surface area contributed by atoms with E-state index in [9.17, 15) is 18.0 Å². The van der Waals surface area contributed by atoms with Gasteiger partial charge in [-0.1, -0.05) is 12.1 Å². The molecule has 0 radical (unpaired) electrons. The van der Waals surface area contributed by atoms with Crippen LogP contribution in [0.15, 0.2) is 34.8 Å². The third-order valence-electron chi connectivity index (χ3n) is 4.40. The van der Waals surface area contributed by atoms with Crippen LogP contribution in [0.4, 0.5) is 18.9 Å². The van der Waals surface area contributed by atoms with E-state index < -0.39 is 17.8 Å². The van der Waals surface area contributed by atoms with Gasteiger partial charge in [0.15, 0.2) is 5.69 Å². The van der Waals surface area contributed by atoms with Gasteiger partial charge in [-0.15, -0.1) is 0 Å². The molecule has 0 saturated heterocycles. The first-order valence-corrected chi connectivity index (χ1v) is 9.54. The van der Waals surface area contributed by atoms with Crippen molar-refractivity contribution in [1.82, 2.24) is 19.6 Å². The third-order valence-corrected chi connectivity index (χ3v) is 5.55. The number of benzene rings is 1. The second kappa shape index (κ2) is 8.02. The van der Waals surface area contributed by atoms with Crippen LogP contribution in [-0.2, 0) is 24.1 Å². The molecule has 154 valence electrons. The number of nitrogens with zero attached hydrogens (tertiary/aromatic N) is 4. The number of anilines is 1. The predicted molar refractivity (Wildman–Crippen MR) is 106 cm³/mol. The maximum atomic E-state index is 12.8. The topological polar surface area (TPSA) is 64.7 Å². The molecule has 0 fully saturated rings. The van der Waals surface area contributed by atoms with E-state index in [1.807, 2.05) is 24.6 Å². The normalized spacial score (nSPS) is 11.7. The number of rotatable bonds is 5. The van der Waals surface area contributed by atoms with E-state index in [0.717, 1.165) is 32.2 Å². The molecule has 3 aromatic rings. The minimum absolute atomic E-state index is 0.260. The van der Waals surface area contributed by atoms with Crippen LogP contribution in [0.25, 0.3) is 0 Å². The first-order chi connectivity index (χ1) is 13.5. The highest BCUT2D eigenvalue weighted by atomic mass is 79.9. The number of aromatic nitrogens is 4. The first-order valence-electron chi connectivity index (χ1n) is 8.74. The zero-order valence-corrected chi connectivity index (χ0v) is 17.6. The molecule has 0 atom stereocenters. The molecule has 0 aliphatic carbocycles. The van der Waals surface area contributed by atoms with Crippen molar-refractivity contribution in [3.05, 3.63) is 63.1 Å². The summed E-state index contributed by atoms with van der Waals surface area (Å²) in [4.78, 5) is 12.3. The van der Waals surface area contributed by atoms with E-state index in [2.05, 4.69) is 31.4 Å². The lowest BCUT2D eigenvalue weighted by Crippen LogP contribution is -2.21. The van der Waals surface area contributed by atoms with Gasteiger partial charge in [0, 0.05) is 11.4 Å². The molecule has 6 nitrogen and oxygen atoms in total. The standard InChI is InChI=1S/C19H19BrF3N5O/c1-11-7-16(19(21,22)23)26-27(11)10-17(29)24-15-6-4-5-14(8-15)9-28-13(3)18(20)12(2)25-28/h4-8H,9-10H2,1-3H3,(H,24,29). The lowest BCUT2D eigenvalue weighted by atomic mass is 10.2. The van der Waals surface area contributed by atoms with Crippen molar-refractivity contribution >= 4 is 27.5 Å².